The molecule has 0 radical (unpaired) electrons. The lowest BCUT2D eigenvalue weighted by Gasteiger charge is -2.05. The van der Waals surface area contributed by atoms with Gasteiger partial charge in [-0.15, -0.1) is 0 Å². The van der Waals surface area contributed by atoms with E-state index < -0.39 is 0 Å². The van der Waals surface area contributed by atoms with E-state index in [4.69, 9.17) is 0 Å². The molecule has 0 fully saturated rings. The summed E-state index contributed by atoms with van der Waals surface area (Å²) in [6.07, 6.45) is 6.00. The van der Waals surface area contributed by atoms with Gasteiger partial charge in [0.15, 0.2) is 0 Å². The van der Waals surface area contributed by atoms with Gasteiger partial charge in [-0.3, -0.25) is 4.79 Å². The summed E-state index contributed by atoms with van der Waals surface area (Å²) < 4.78 is 0. The second-order valence-corrected chi connectivity index (χ2v) is 4.62. The van der Waals surface area contributed by atoms with E-state index >= 15 is 0 Å². The Hall–Kier alpha value is -1.74. The van der Waals surface area contributed by atoms with Crippen LogP contribution in [0.2, 0.25) is 0 Å². The van der Waals surface area contributed by atoms with Crippen molar-refractivity contribution in [3.8, 4) is 0 Å². The SMILES string of the molecule is C=C/C=C(\C=C)SC(=O)Nc1ccc(CC)cc1. The van der Waals surface area contributed by atoms with Crippen molar-refractivity contribution in [2.24, 2.45) is 0 Å². The molecule has 0 spiro atoms. The van der Waals surface area contributed by atoms with Gasteiger partial charge in [0.25, 0.3) is 5.24 Å². The third-order valence-corrected chi connectivity index (χ3v) is 3.13. The first-order valence-corrected chi connectivity index (χ1v) is 6.54. The Morgan fingerprint density at radius 3 is 2.50 bits per heavy atom. The zero-order valence-corrected chi connectivity index (χ0v) is 11.3. The lowest BCUT2D eigenvalue weighted by atomic mass is 10.1. The summed E-state index contributed by atoms with van der Waals surface area (Å²) in [5.41, 5.74) is 2.05. The number of hydrogen-bond acceptors (Lipinski definition) is 2. The smallest absolute Gasteiger partial charge is 0.288 e. The Balaban J connectivity index is 2.61. The maximum absolute atomic E-state index is 11.7. The molecule has 3 heteroatoms. The van der Waals surface area contributed by atoms with Crippen LogP contribution in [0.1, 0.15) is 12.5 Å². The molecule has 94 valence electrons. The van der Waals surface area contributed by atoms with E-state index in [9.17, 15) is 4.79 Å². The van der Waals surface area contributed by atoms with Gasteiger partial charge in [-0.2, -0.15) is 0 Å². The minimum atomic E-state index is -0.132. The first-order chi connectivity index (χ1) is 8.69. The molecule has 1 amide bonds. The molecule has 0 bridgehead atoms. The molecule has 2 nitrogen and oxygen atoms in total. The standard InChI is InChI=1S/C15H17NOS/c1-4-7-14(6-3)18-15(17)16-13-10-8-12(5-2)9-11-13/h4,6-11H,1,3,5H2,2H3,(H,16,17)/b14-7+. The lowest BCUT2D eigenvalue weighted by molar-refractivity contribution is 0.270. The molecular weight excluding hydrogens is 242 g/mol. The maximum Gasteiger partial charge on any atom is 0.288 e. The fraction of sp³-hybridized carbons (Fsp3) is 0.133. The molecule has 1 aromatic carbocycles. The zero-order valence-electron chi connectivity index (χ0n) is 10.5. The van der Waals surface area contributed by atoms with Gasteiger partial charge in [0.2, 0.25) is 0 Å². The number of carbonyl (C=O) groups excluding carboxylic acids is 1. The van der Waals surface area contributed by atoms with Gasteiger partial charge in [-0.1, -0.05) is 44.4 Å². The summed E-state index contributed by atoms with van der Waals surface area (Å²) >= 11 is 1.10. The van der Waals surface area contributed by atoms with Gasteiger partial charge < -0.3 is 5.32 Å². The summed E-state index contributed by atoms with van der Waals surface area (Å²) in [5, 5.41) is 2.69. The van der Waals surface area contributed by atoms with Crippen LogP contribution >= 0.6 is 11.8 Å². The van der Waals surface area contributed by atoms with E-state index in [-0.39, 0.29) is 5.24 Å². The number of aryl methyl sites for hydroxylation is 1. The third-order valence-electron chi connectivity index (χ3n) is 2.30. The van der Waals surface area contributed by atoms with Crippen LogP contribution in [-0.2, 0) is 6.42 Å². The van der Waals surface area contributed by atoms with E-state index in [1.54, 1.807) is 18.2 Å². The second kappa shape index (κ2) is 7.56. The van der Waals surface area contributed by atoms with Crippen molar-refractivity contribution in [3.05, 3.63) is 66.1 Å². The number of allylic oxidation sites excluding steroid dienone is 3. The molecule has 0 heterocycles. The van der Waals surface area contributed by atoms with Gasteiger partial charge in [-0.05, 0) is 42.0 Å². The third kappa shape index (κ3) is 4.63. The fourth-order valence-corrected chi connectivity index (χ4v) is 1.96. The molecule has 0 saturated heterocycles. The highest BCUT2D eigenvalue weighted by molar-refractivity contribution is 8.17. The molecule has 0 aromatic heterocycles. The van der Waals surface area contributed by atoms with Crippen LogP contribution in [0.15, 0.2) is 60.6 Å². The van der Waals surface area contributed by atoms with Gasteiger partial charge in [-0.25, -0.2) is 0 Å². The van der Waals surface area contributed by atoms with Gasteiger partial charge in [0.05, 0.1) is 0 Å². The quantitative estimate of drug-likeness (QED) is 0.772. The van der Waals surface area contributed by atoms with E-state index in [0.29, 0.717) is 0 Å². The van der Waals surface area contributed by atoms with Crippen molar-refractivity contribution in [2.45, 2.75) is 13.3 Å². The number of amides is 1. The van der Waals surface area contributed by atoms with Crippen molar-refractivity contribution in [3.63, 3.8) is 0 Å². The molecule has 0 saturated carbocycles. The Bertz CT molecular complexity index is 460. The molecule has 1 N–H and O–H groups in total. The molecule has 0 atom stereocenters. The molecular formula is C15H17NOS. The van der Waals surface area contributed by atoms with Gasteiger partial charge in [0.1, 0.15) is 0 Å². The summed E-state index contributed by atoms with van der Waals surface area (Å²) in [6, 6.07) is 7.83. The van der Waals surface area contributed by atoms with Crippen molar-refractivity contribution in [1.82, 2.24) is 0 Å². The normalized spacial score (nSPS) is 10.8. The zero-order chi connectivity index (χ0) is 13.4. The Labute approximate surface area is 112 Å². The van der Waals surface area contributed by atoms with E-state index in [1.807, 2.05) is 24.3 Å². The average molecular weight is 259 g/mol. The summed E-state index contributed by atoms with van der Waals surface area (Å²) in [4.78, 5) is 12.5. The largest absolute Gasteiger partial charge is 0.317 e. The Kier molecular flexibility index (Phi) is 6.01. The van der Waals surface area contributed by atoms with Crippen LogP contribution in [0, 0.1) is 0 Å². The molecule has 0 unspecified atom stereocenters. The average Bonchev–Trinajstić information content (AvgIpc) is 2.39. The minimum absolute atomic E-state index is 0.132. The van der Waals surface area contributed by atoms with Crippen LogP contribution in [0.5, 0.6) is 0 Å². The number of thioether (sulfide) groups is 1. The molecule has 0 aliphatic heterocycles. The van der Waals surface area contributed by atoms with Crippen LogP contribution < -0.4 is 5.32 Å². The first-order valence-electron chi connectivity index (χ1n) is 5.72. The monoisotopic (exact) mass is 259 g/mol. The molecule has 0 aliphatic rings. The van der Waals surface area contributed by atoms with Gasteiger partial charge >= 0.3 is 0 Å². The van der Waals surface area contributed by atoms with Crippen molar-refractivity contribution in [1.29, 1.82) is 0 Å². The number of anilines is 1. The topological polar surface area (TPSA) is 29.1 Å². The van der Waals surface area contributed by atoms with Crippen LogP contribution in [0.3, 0.4) is 0 Å². The molecule has 0 aliphatic carbocycles. The molecule has 1 aromatic rings. The Morgan fingerprint density at radius 2 is 2.00 bits per heavy atom. The number of rotatable bonds is 5. The van der Waals surface area contributed by atoms with Crippen LogP contribution in [0.4, 0.5) is 10.5 Å². The first kappa shape index (κ1) is 14.3. The van der Waals surface area contributed by atoms with Gasteiger partial charge in [0, 0.05) is 10.6 Å². The van der Waals surface area contributed by atoms with Crippen LogP contribution in [-0.4, -0.2) is 5.24 Å². The highest BCUT2D eigenvalue weighted by Crippen LogP contribution is 2.20. The van der Waals surface area contributed by atoms with Crippen molar-refractivity contribution >= 4 is 22.7 Å². The maximum atomic E-state index is 11.7. The van der Waals surface area contributed by atoms with E-state index in [0.717, 1.165) is 28.8 Å². The second-order valence-electron chi connectivity index (χ2n) is 3.57. The molecule has 18 heavy (non-hydrogen) atoms. The predicted octanol–water partition coefficient (Wildman–Crippen LogP) is 4.77. The summed E-state index contributed by atoms with van der Waals surface area (Å²) in [7, 11) is 0. The van der Waals surface area contributed by atoms with E-state index in [1.165, 1.54) is 5.56 Å². The number of benzene rings is 1. The number of carbonyl (C=O) groups is 1. The van der Waals surface area contributed by atoms with Crippen LogP contribution in [0.25, 0.3) is 0 Å². The van der Waals surface area contributed by atoms with Crippen molar-refractivity contribution < 1.29 is 4.79 Å². The fourth-order valence-electron chi connectivity index (χ4n) is 1.33. The highest BCUT2D eigenvalue weighted by Gasteiger charge is 2.04. The minimum Gasteiger partial charge on any atom is -0.317 e. The Morgan fingerprint density at radius 1 is 1.33 bits per heavy atom. The lowest BCUT2D eigenvalue weighted by Crippen LogP contribution is -2.04. The van der Waals surface area contributed by atoms with E-state index in [2.05, 4.69) is 25.4 Å². The number of nitrogens with one attached hydrogen (secondary N) is 1. The summed E-state index contributed by atoms with van der Waals surface area (Å²) in [5.74, 6) is 0. The molecule has 1 rings (SSSR count). The predicted molar refractivity (Wildman–Crippen MR) is 80.9 cm³/mol. The summed E-state index contributed by atoms with van der Waals surface area (Å²) in [6.45, 7) is 9.33. The van der Waals surface area contributed by atoms with Crippen molar-refractivity contribution in [2.75, 3.05) is 5.32 Å². The highest BCUT2D eigenvalue weighted by atomic mass is 32.2. The number of hydrogen-bond donors (Lipinski definition) is 1.